The Morgan fingerprint density at radius 1 is 1.05 bits per heavy atom. The number of carboxylic acid groups (broad SMARTS) is 2. The normalized spacial score (nSPS) is 18.3. The van der Waals surface area contributed by atoms with Crippen LogP contribution >= 0.6 is 0 Å². The Hall–Kier alpha value is -3.71. The number of hydrogen-bond acceptors (Lipinski definition) is 5. The summed E-state index contributed by atoms with van der Waals surface area (Å²) in [7, 11) is 0. The van der Waals surface area contributed by atoms with Gasteiger partial charge in [-0.2, -0.15) is 13.2 Å². The number of aliphatic imine (C=N–C) groups is 1. The minimum Gasteiger partial charge on any atom is -0.478 e. The van der Waals surface area contributed by atoms with Gasteiger partial charge in [0.15, 0.2) is 5.96 Å². The number of aromatic carboxylic acids is 1. The van der Waals surface area contributed by atoms with E-state index in [9.17, 15) is 27.5 Å². The van der Waals surface area contributed by atoms with Crippen LogP contribution in [0.25, 0.3) is 0 Å². The molecule has 2 aromatic carbocycles. The highest BCUT2D eigenvalue weighted by atomic mass is 19.4. The van der Waals surface area contributed by atoms with Gasteiger partial charge in [-0.05, 0) is 37.1 Å². The van der Waals surface area contributed by atoms with Crippen LogP contribution in [0.4, 0.5) is 23.2 Å². The summed E-state index contributed by atoms with van der Waals surface area (Å²) >= 11 is 0. The second kappa shape index (κ2) is 13.9. The number of carbonyl (C=O) groups is 2. The second-order valence-electron chi connectivity index (χ2n) is 8.97. The standard InChI is InChI=1S/C24H29FN4O3.C2HF3O2/c25-22-9-2-1-5-19(22)17-28-10-12-29(13-11-28)24(26-16-21-8-4-14-32-21)27-20-7-3-6-18(15-20)23(30)31;3-2(4,5)1(6)7/h1-3,5-7,9,15,21H,4,8,10-14,16-17H2,(H,26,27)(H,30,31);(H,6,7). The molecule has 0 spiro atoms. The molecule has 1 atom stereocenters. The molecule has 2 aromatic rings. The molecule has 0 aromatic heterocycles. The van der Waals surface area contributed by atoms with Crippen molar-refractivity contribution >= 4 is 23.6 Å². The van der Waals surface area contributed by atoms with Crippen LogP contribution in [0.2, 0.25) is 0 Å². The molecule has 4 rings (SSSR count). The Bertz CT molecular complexity index is 1150. The molecule has 13 heteroatoms. The lowest BCUT2D eigenvalue weighted by atomic mass is 10.2. The summed E-state index contributed by atoms with van der Waals surface area (Å²) in [6.07, 6.45) is -2.90. The second-order valence-corrected chi connectivity index (χ2v) is 8.97. The Labute approximate surface area is 222 Å². The summed E-state index contributed by atoms with van der Waals surface area (Å²) in [5.74, 6) is -3.18. The van der Waals surface area contributed by atoms with Crippen LogP contribution in [-0.2, 0) is 16.1 Å². The Balaban J connectivity index is 0.000000532. The van der Waals surface area contributed by atoms with Gasteiger partial charge in [-0.1, -0.05) is 24.3 Å². The van der Waals surface area contributed by atoms with Gasteiger partial charge in [0, 0.05) is 50.6 Å². The molecule has 2 saturated heterocycles. The first-order chi connectivity index (χ1) is 18.5. The highest BCUT2D eigenvalue weighted by molar-refractivity contribution is 5.95. The van der Waals surface area contributed by atoms with Gasteiger partial charge >= 0.3 is 18.1 Å². The predicted octanol–water partition coefficient (Wildman–Crippen LogP) is 3.92. The van der Waals surface area contributed by atoms with E-state index in [2.05, 4.69) is 15.1 Å². The van der Waals surface area contributed by atoms with Crippen molar-refractivity contribution < 1.29 is 42.1 Å². The Kier molecular flexibility index (Phi) is 10.6. The molecule has 39 heavy (non-hydrogen) atoms. The van der Waals surface area contributed by atoms with Crippen molar-refractivity contribution in [2.24, 2.45) is 4.99 Å². The fourth-order valence-electron chi connectivity index (χ4n) is 4.04. The van der Waals surface area contributed by atoms with Crippen LogP contribution in [0.3, 0.4) is 0 Å². The van der Waals surface area contributed by atoms with Gasteiger partial charge in [-0.3, -0.25) is 9.89 Å². The summed E-state index contributed by atoms with van der Waals surface area (Å²) < 4.78 is 51.5. The zero-order valence-corrected chi connectivity index (χ0v) is 21.0. The van der Waals surface area contributed by atoms with Crippen molar-refractivity contribution in [3.05, 3.63) is 65.5 Å². The van der Waals surface area contributed by atoms with Crippen molar-refractivity contribution in [1.82, 2.24) is 9.80 Å². The van der Waals surface area contributed by atoms with E-state index in [1.54, 1.807) is 24.3 Å². The van der Waals surface area contributed by atoms with Crippen LogP contribution in [0, 0.1) is 5.82 Å². The maximum Gasteiger partial charge on any atom is 0.490 e. The minimum atomic E-state index is -5.08. The zero-order chi connectivity index (χ0) is 28.4. The van der Waals surface area contributed by atoms with E-state index in [0.717, 1.165) is 45.6 Å². The van der Waals surface area contributed by atoms with E-state index in [0.29, 0.717) is 30.3 Å². The number of guanidine groups is 1. The Morgan fingerprint density at radius 3 is 2.33 bits per heavy atom. The molecule has 9 nitrogen and oxygen atoms in total. The molecule has 0 aliphatic carbocycles. The SMILES string of the molecule is O=C(O)C(F)(F)F.O=C(O)c1cccc(NC(=NCC2CCCO2)N2CCN(Cc3ccccc3F)CC2)c1. The number of alkyl halides is 3. The molecule has 2 aliphatic rings. The summed E-state index contributed by atoms with van der Waals surface area (Å²) in [4.78, 5) is 29.4. The van der Waals surface area contributed by atoms with Gasteiger partial charge in [0.2, 0.25) is 0 Å². The van der Waals surface area contributed by atoms with Gasteiger partial charge in [0.05, 0.1) is 18.2 Å². The van der Waals surface area contributed by atoms with E-state index in [1.807, 2.05) is 18.2 Å². The summed E-state index contributed by atoms with van der Waals surface area (Å²) in [5.41, 5.74) is 1.62. The molecule has 0 bridgehead atoms. The van der Waals surface area contributed by atoms with Crippen LogP contribution in [0.1, 0.15) is 28.8 Å². The third-order valence-electron chi connectivity index (χ3n) is 6.10. The van der Waals surface area contributed by atoms with Crippen LogP contribution in [0.5, 0.6) is 0 Å². The minimum absolute atomic E-state index is 0.125. The molecule has 1 unspecified atom stereocenters. The number of nitrogens with zero attached hydrogens (tertiary/aromatic N) is 3. The number of ether oxygens (including phenoxy) is 1. The van der Waals surface area contributed by atoms with Gasteiger partial charge < -0.3 is 25.2 Å². The highest BCUT2D eigenvalue weighted by Gasteiger charge is 2.38. The van der Waals surface area contributed by atoms with Crippen LogP contribution in [0.15, 0.2) is 53.5 Å². The van der Waals surface area contributed by atoms with E-state index in [-0.39, 0.29) is 17.5 Å². The number of carboxylic acids is 2. The molecule has 2 heterocycles. The molecule has 212 valence electrons. The lowest BCUT2D eigenvalue weighted by Crippen LogP contribution is -2.50. The molecule has 0 radical (unpaired) electrons. The lowest BCUT2D eigenvalue weighted by Gasteiger charge is -2.36. The van der Waals surface area contributed by atoms with E-state index < -0.39 is 18.1 Å². The zero-order valence-electron chi connectivity index (χ0n) is 21.0. The first-order valence-electron chi connectivity index (χ1n) is 12.3. The summed E-state index contributed by atoms with van der Waals surface area (Å²) in [6, 6.07) is 13.6. The number of benzene rings is 2. The fraction of sp³-hybridized carbons (Fsp3) is 0.423. The van der Waals surface area contributed by atoms with Crippen molar-refractivity contribution in [2.75, 3.05) is 44.6 Å². The maximum atomic E-state index is 14.0. The molecule has 2 aliphatic heterocycles. The molecule has 3 N–H and O–H groups in total. The molecule has 0 saturated carbocycles. The van der Waals surface area contributed by atoms with E-state index in [4.69, 9.17) is 19.6 Å². The first kappa shape index (κ1) is 29.8. The van der Waals surface area contributed by atoms with Crippen LogP contribution in [-0.4, -0.2) is 89.5 Å². The number of piperazine rings is 1. The van der Waals surface area contributed by atoms with Gasteiger partial charge in [0.25, 0.3) is 0 Å². The monoisotopic (exact) mass is 554 g/mol. The van der Waals surface area contributed by atoms with E-state index in [1.165, 1.54) is 6.07 Å². The molecule has 2 fully saturated rings. The third-order valence-corrected chi connectivity index (χ3v) is 6.10. The van der Waals surface area contributed by atoms with E-state index >= 15 is 0 Å². The largest absolute Gasteiger partial charge is 0.490 e. The van der Waals surface area contributed by atoms with Gasteiger partial charge in [0.1, 0.15) is 5.82 Å². The number of rotatable bonds is 6. The van der Waals surface area contributed by atoms with Crippen molar-refractivity contribution in [3.63, 3.8) is 0 Å². The predicted molar refractivity (Wildman–Crippen MR) is 135 cm³/mol. The number of anilines is 1. The Morgan fingerprint density at radius 2 is 1.74 bits per heavy atom. The van der Waals surface area contributed by atoms with Crippen molar-refractivity contribution in [2.45, 2.75) is 31.7 Å². The van der Waals surface area contributed by atoms with Crippen LogP contribution < -0.4 is 5.32 Å². The number of aliphatic carboxylic acids is 1. The molecule has 0 amide bonds. The third kappa shape index (κ3) is 9.52. The molecular weight excluding hydrogens is 524 g/mol. The van der Waals surface area contributed by atoms with Crippen molar-refractivity contribution in [1.29, 1.82) is 0 Å². The fourth-order valence-corrected chi connectivity index (χ4v) is 4.04. The van der Waals surface area contributed by atoms with Gasteiger partial charge in [-0.25, -0.2) is 14.0 Å². The number of halogens is 4. The number of nitrogens with one attached hydrogen (secondary N) is 1. The summed E-state index contributed by atoms with van der Waals surface area (Å²) in [5, 5.41) is 19.7. The van der Waals surface area contributed by atoms with Crippen molar-refractivity contribution in [3.8, 4) is 0 Å². The number of hydrogen-bond donors (Lipinski definition) is 3. The topological polar surface area (TPSA) is 115 Å². The highest BCUT2D eigenvalue weighted by Crippen LogP contribution is 2.17. The lowest BCUT2D eigenvalue weighted by molar-refractivity contribution is -0.192. The maximum absolute atomic E-state index is 14.0. The smallest absolute Gasteiger partial charge is 0.478 e. The quantitative estimate of drug-likeness (QED) is 0.280. The molecular formula is C26H30F4N4O5. The average molecular weight is 555 g/mol. The van der Waals surface area contributed by atoms with Gasteiger partial charge in [-0.15, -0.1) is 0 Å². The first-order valence-corrected chi connectivity index (χ1v) is 12.3. The summed E-state index contributed by atoms with van der Waals surface area (Å²) in [6.45, 7) is 4.97. The average Bonchev–Trinajstić information content (AvgIpc) is 3.42.